The average Bonchev–Trinajstić information content (AvgIpc) is 2.43. The predicted octanol–water partition coefficient (Wildman–Crippen LogP) is 6.14. The molecule has 0 aliphatic heterocycles. The van der Waals surface area contributed by atoms with Crippen molar-refractivity contribution in [3.05, 3.63) is 63.6 Å². The van der Waals surface area contributed by atoms with Crippen molar-refractivity contribution in [2.75, 3.05) is 0 Å². The van der Waals surface area contributed by atoms with Gasteiger partial charge in [0.1, 0.15) is 11.6 Å². The van der Waals surface area contributed by atoms with Crippen LogP contribution in [-0.4, -0.2) is 0 Å². The lowest BCUT2D eigenvalue weighted by atomic mass is 10.0. The van der Waals surface area contributed by atoms with Gasteiger partial charge in [0.15, 0.2) is 0 Å². The summed E-state index contributed by atoms with van der Waals surface area (Å²) >= 11 is 4.51. The molecular formula is C16H15BrF2S. The lowest BCUT2D eigenvalue weighted by Gasteiger charge is -2.08. The Labute approximate surface area is 130 Å². The van der Waals surface area contributed by atoms with E-state index in [0.29, 0.717) is 10.4 Å². The zero-order valence-electron chi connectivity index (χ0n) is 11.3. The lowest BCUT2D eigenvalue weighted by molar-refractivity contribution is 0.562. The van der Waals surface area contributed by atoms with E-state index in [-0.39, 0.29) is 11.3 Å². The van der Waals surface area contributed by atoms with Crippen LogP contribution in [0.5, 0.6) is 0 Å². The Bertz CT molecular complexity index is 594. The molecule has 0 atom stereocenters. The molecule has 0 unspecified atom stereocenters. The van der Waals surface area contributed by atoms with E-state index in [1.165, 1.54) is 29.5 Å². The lowest BCUT2D eigenvalue weighted by Crippen LogP contribution is -1.94. The van der Waals surface area contributed by atoms with Crippen molar-refractivity contribution in [2.24, 2.45) is 0 Å². The normalized spacial score (nSPS) is 11.1. The fourth-order valence-electron chi connectivity index (χ4n) is 1.81. The maximum absolute atomic E-state index is 13.8. The number of rotatable bonds is 4. The molecule has 0 N–H and O–H groups in total. The maximum Gasteiger partial charge on any atom is 0.144 e. The van der Waals surface area contributed by atoms with Crippen molar-refractivity contribution in [3.63, 3.8) is 0 Å². The summed E-state index contributed by atoms with van der Waals surface area (Å²) in [5.41, 5.74) is 1.37. The summed E-state index contributed by atoms with van der Waals surface area (Å²) in [5, 5.41) is 0. The van der Waals surface area contributed by atoms with Gasteiger partial charge in [-0.15, -0.1) is 11.8 Å². The summed E-state index contributed by atoms with van der Waals surface area (Å²) in [5.74, 6) is -0.264. The van der Waals surface area contributed by atoms with Crippen LogP contribution in [-0.2, 0) is 5.75 Å². The maximum atomic E-state index is 13.8. The van der Waals surface area contributed by atoms with Gasteiger partial charge < -0.3 is 0 Å². The molecule has 106 valence electrons. The molecule has 0 aliphatic rings. The fourth-order valence-corrected chi connectivity index (χ4v) is 3.08. The molecule has 2 aromatic rings. The van der Waals surface area contributed by atoms with E-state index in [2.05, 4.69) is 41.9 Å². The van der Waals surface area contributed by atoms with Crippen molar-refractivity contribution < 1.29 is 8.78 Å². The van der Waals surface area contributed by atoms with E-state index in [4.69, 9.17) is 0 Å². The molecule has 2 rings (SSSR count). The molecular weight excluding hydrogens is 342 g/mol. The van der Waals surface area contributed by atoms with Crippen LogP contribution in [0.2, 0.25) is 0 Å². The Morgan fingerprint density at radius 1 is 1.05 bits per heavy atom. The second-order valence-electron chi connectivity index (χ2n) is 4.83. The van der Waals surface area contributed by atoms with Gasteiger partial charge in [0.2, 0.25) is 0 Å². The summed E-state index contributed by atoms with van der Waals surface area (Å²) in [6.45, 7) is 4.27. The summed E-state index contributed by atoms with van der Waals surface area (Å²) in [7, 11) is 0. The molecule has 0 aliphatic carbocycles. The highest BCUT2D eigenvalue weighted by atomic mass is 79.9. The van der Waals surface area contributed by atoms with Gasteiger partial charge in [0.05, 0.1) is 4.47 Å². The van der Waals surface area contributed by atoms with Gasteiger partial charge >= 0.3 is 0 Å². The Morgan fingerprint density at radius 2 is 1.70 bits per heavy atom. The van der Waals surface area contributed by atoms with Gasteiger partial charge in [-0.3, -0.25) is 0 Å². The first kappa shape index (κ1) is 15.5. The number of halogens is 3. The highest BCUT2D eigenvalue weighted by Crippen LogP contribution is 2.29. The second kappa shape index (κ2) is 6.72. The Morgan fingerprint density at radius 3 is 2.30 bits per heavy atom. The molecule has 0 spiro atoms. The van der Waals surface area contributed by atoms with Gasteiger partial charge in [-0.05, 0) is 51.7 Å². The highest BCUT2D eigenvalue weighted by molar-refractivity contribution is 9.10. The quantitative estimate of drug-likeness (QED) is 0.468. The monoisotopic (exact) mass is 356 g/mol. The summed E-state index contributed by atoms with van der Waals surface area (Å²) in [6.07, 6.45) is 0. The van der Waals surface area contributed by atoms with Crippen LogP contribution in [0, 0.1) is 11.6 Å². The van der Waals surface area contributed by atoms with Crippen molar-refractivity contribution in [3.8, 4) is 0 Å². The van der Waals surface area contributed by atoms with Gasteiger partial charge in [-0.2, -0.15) is 0 Å². The number of hydrogen-bond donors (Lipinski definition) is 0. The zero-order valence-corrected chi connectivity index (χ0v) is 13.7. The first-order chi connectivity index (χ1) is 9.49. The molecule has 0 saturated heterocycles. The molecule has 4 heteroatoms. The van der Waals surface area contributed by atoms with Crippen LogP contribution < -0.4 is 0 Å². The van der Waals surface area contributed by atoms with Crippen molar-refractivity contribution in [1.82, 2.24) is 0 Å². The molecule has 0 fully saturated rings. The van der Waals surface area contributed by atoms with Gasteiger partial charge in [-0.25, -0.2) is 8.78 Å². The first-order valence-electron chi connectivity index (χ1n) is 6.34. The third-order valence-electron chi connectivity index (χ3n) is 3.07. The number of benzene rings is 2. The van der Waals surface area contributed by atoms with Crippen LogP contribution in [0.3, 0.4) is 0 Å². The smallest absolute Gasteiger partial charge is 0.144 e. The van der Waals surface area contributed by atoms with Crippen LogP contribution in [0.1, 0.15) is 30.9 Å². The van der Waals surface area contributed by atoms with Crippen molar-refractivity contribution in [2.45, 2.75) is 30.4 Å². The third-order valence-corrected chi connectivity index (χ3v) is 4.72. The molecule has 2 aromatic carbocycles. The van der Waals surface area contributed by atoms with Gasteiger partial charge in [0, 0.05) is 16.2 Å². The second-order valence-corrected chi connectivity index (χ2v) is 6.74. The van der Waals surface area contributed by atoms with Gasteiger partial charge in [-0.1, -0.05) is 26.0 Å². The molecule has 0 aromatic heterocycles. The molecule has 0 amide bonds. The summed E-state index contributed by atoms with van der Waals surface area (Å²) in [6, 6.07) is 10.8. The number of thioether (sulfide) groups is 1. The SMILES string of the molecule is CC(C)c1ccc(SCc2c(F)ccc(Br)c2F)cc1. The number of hydrogen-bond acceptors (Lipinski definition) is 1. The van der Waals surface area contributed by atoms with E-state index in [1.54, 1.807) is 0 Å². The Balaban J connectivity index is 2.11. The van der Waals surface area contributed by atoms with Gasteiger partial charge in [0.25, 0.3) is 0 Å². The minimum absolute atomic E-state index is 0.109. The van der Waals surface area contributed by atoms with Crippen molar-refractivity contribution >= 4 is 27.7 Å². The van der Waals surface area contributed by atoms with E-state index in [0.717, 1.165) is 4.90 Å². The minimum atomic E-state index is -0.517. The summed E-state index contributed by atoms with van der Waals surface area (Å²) in [4.78, 5) is 1.01. The zero-order chi connectivity index (χ0) is 14.7. The van der Waals surface area contributed by atoms with Crippen LogP contribution >= 0.6 is 27.7 Å². The Hall–Kier alpha value is -0.870. The molecule has 20 heavy (non-hydrogen) atoms. The predicted molar refractivity (Wildman–Crippen MR) is 84.2 cm³/mol. The van der Waals surface area contributed by atoms with Crippen molar-refractivity contribution in [1.29, 1.82) is 0 Å². The molecule has 0 radical (unpaired) electrons. The molecule has 0 saturated carbocycles. The molecule has 0 heterocycles. The summed E-state index contributed by atoms with van der Waals surface area (Å²) < 4.78 is 27.8. The van der Waals surface area contributed by atoms with E-state index >= 15 is 0 Å². The highest BCUT2D eigenvalue weighted by Gasteiger charge is 2.12. The van der Waals surface area contributed by atoms with Crippen LogP contribution in [0.15, 0.2) is 45.8 Å². The van der Waals surface area contributed by atoms with E-state index in [1.807, 2.05) is 12.1 Å². The van der Waals surface area contributed by atoms with Crippen LogP contribution in [0.25, 0.3) is 0 Å². The first-order valence-corrected chi connectivity index (χ1v) is 8.12. The molecule has 0 bridgehead atoms. The largest absolute Gasteiger partial charge is 0.207 e. The average molecular weight is 357 g/mol. The van der Waals surface area contributed by atoms with E-state index in [9.17, 15) is 8.78 Å². The molecule has 0 nitrogen and oxygen atoms in total. The topological polar surface area (TPSA) is 0 Å². The third kappa shape index (κ3) is 3.61. The standard InChI is InChI=1S/C16H15BrF2S/c1-10(2)11-3-5-12(6-4-11)20-9-13-15(18)8-7-14(17)16(13)19/h3-8,10H,9H2,1-2H3. The van der Waals surface area contributed by atoms with Crippen LogP contribution in [0.4, 0.5) is 8.78 Å². The Kier molecular flexibility index (Phi) is 5.22. The minimum Gasteiger partial charge on any atom is -0.207 e. The fraction of sp³-hybridized carbons (Fsp3) is 0.250. The van der Waals surface area contributed by atoms with E-state index < -0.39 is 11.6 Å².